The van der Waals surface area contributed by atoms with E-state index in [9.17, 15) is 4.79 Å². The second kappa shape index (κ2) is 8.88. The number of rotatable bonds is 7. The van der Waals surface area contributed by atoms with Gasteiger partial charge in [0.25, 0.3) is 0 Å². The SMILES string of the molecule is CC/C=C(\C=C(\N)CC)CN1CC(=Cc2ccc(C(=O)O)cc2Cl)C1. The van der Waals surface area contributed by atoms with Gasteiger partial charge in [0.05, 0.1) is 5.56 Å². The fraction of sp³-hybridized carbons (Fsp3) is 0.350. The summed E-state index contributed by atoms with van der Waals surface area (Å²) in [5, 5.41) is 9.45. The number of hydrogen-bond donors (Lipinski definition) is 2. The third-order valence-corrected chi connectivity index (χ3v) is 4.44. The number of nitrogens with zero attached hydrogens (tertiary/aromatic N) is 1. The van der Waals surface area contributed by atoms with Crippen molar-refractivity contribution in [1.29, 1.82) is 0 Å². The molecular formula is C20H25ClN2O2. The van der Waals surface area contributed by atoms with Crippen molar-refractivity contribution in [2.24, 2.45) is 5.73 Å². The molecule has 5 heteroatoms. The van der Waals surface area contributed by atoms with Gasteiger partial charge in [-0.1, -0.05) is 43.7 Å². The van der Waals surface area contributed by atoms with Crippen molar-refractivity contribution in [3.8, 4) is 0 Å². The van der Waals surface area contributed by atoms with E-state index >= 15 is 0 Å². The highest BCUT2D eigenvalue weighted by molar-refractivity contribution is 6.32. The van der Waals surface area contributed by atoms with E-state index < -0.39 is 5.97 Å². The van der Waals surface area contributed by atoms with Crippen molar-refractivity contribution in [1.82, 2.24) is 4.90 Å². The molecule has 0 amide bonds. The van der Waals surface area contributed by atoms with Gasteiger partial charge in [-0.25, -0.2) is 4.79 Å². The van der Waals surface area contributed by atoms with Gasteiger partial charge in [0.2, 0.25) is 0 Å². The van der Waals surface area contributed by atoms with Gasteiger partial charge < -0.3 is 10.8 Å². The van der Waals surface area contributed by atoms with Crippen LogP contribution in [0.15, 0.2) is 47.2 Å². The molecule has 0 aliphatic carbocycles. The number of halogens is 1. The van der Waals surface area contributed by atoms with Gasteiger partial charge >= 0.3 is 5.97 Å². The first-order valence-electron chi connectivity index (χ1n) is 8.52. The smallest absolute Gasteiger partial charge is 0.335 e. The highest BCUT2D eigenvalue weighted by Crippen LogP contribution is 2.25. The summed E-state index contributed by atoms with van der Waals surface area (Å²) >= 11 is 6.18. The standard InChI is InChI=1S/C20H25ClN2O2/c1-3-5-14(9-18(22)4-2)11-23-12-15(13-23)8-16-6-7-17(20(24)25)10-19(16)21/h5-10H,3-4,11-13,22H2,1-2H3,(H,24,25)/b14-5+,18-9+. The molecule has 0 unspecified atom stereocenters. The average molecular weight is 361 g/mol. The van der Waals surface area contributed by atoms with E-state index in [1.165, 1.54) is 17.2 Å². The molecule has 0 saturated carbocycles. The molecule has 134 valence electrons. The van der Waals surface area contributed by atoms with Crippen LogP contribution in [0.3, 0.4) is 0 Å². The molecule has 4 nitrogen and oxygen atoms in total. The van der Waals surface area contributed by atoms with Crippen LogP contribution in [0, 0.1) is 0 Å². The minimum absolute atomic E-state index is 0.206. The van der Waals surface area contributed by atoms with Crippen LogP contribution in [-0.2, 0) is 0 Å². The normalized spacial score (nSPS) is 15.9. The van der Waals surface area contributed by atoms with Crippen molar-refractivity contribution >= 4 is 23.6 Å². The number of aromatic carboxylic acids is 1. The van der Waals surface area contributed by atoms with Gasteiger partial charge in [0.1, 0.15) is 0 Å². The highest BCUT2D eigenvalue weighted by atomic mass is 35.5. The van der Waals surface area contributed by atoms with E-state index in [0.717, 1.165) is 43.7 Å². The Labute approximate surface area is 154 Å². The van der Waals surface area contributed by atoms with E-state index in [1.54, 1.807) is 12.1 Å². The number of hydrogen-bond acceptors (Lipinski definition) is 3. The lowest BCUT2D eigenvalue weighted by Crippen LogP contribution is -2.41. The van der Waals surface area contributed by atoms with E-state index in [4.69, 9.17) is 22.4 Å². The molecule has 0 aromatic heterocycles. The Morgan fingerprint density at radius 1 is 1.36 bits per heavy atom. The largest absolute Gasteiger partial charge is 0.478 e. The predicted octanol–water partition coefficient (Wildman–Crippen LogP) is 4.33. The molecule has 1 heterocycles. The van der Waals surface area contributed by atoms with Gasteiger partial charge in [-0.15, -0.1) is 0 Å². The Morgan fingerprint density at radius 2 is 2.08 bits per heavy atom. The molecule has 1 aromatic rings. The Kier molecular flexibility index (Phi) is 6.85. The summed E-state index contributed by atoms with van der Waals surface area (Å²) in [7, 11) is 0. The van der Waals surface area contributed by atoms with Crippen LogP contribution >= 0.6 is 11.6 Å². The number of carboxylic acid groups (broad SMARTS) is 1. The lowest BCUT2D eigenvalue weighted by atomic mass is 10.0. The summed E-state index contributed by atoms with van der Waals surface area (Å²) in [6.45, 7) is 6.84. The van der Waals surface area contributed by atoms with Gasteiger partial charge in [-0.05, 0) is 47.8 Å². The Balaban J connectivity index is 1.98. The number of carboxylic acids is 1. The van der Waals surface area contributed by atoms with E-state index in [0.29, 0.717) is 5.02 Å². The van der Waals surface area contributed by atoms with Crippen molar-refractivity contribution in [3.05, 3.63) is 63.3 Å². The zero-order chi connectivity index (χ0) is 18.4. The maximum absolute atomic E-state index is 11.0. The molecule has 2 rings (SSSR count). The molecule has 1 aromatic carbocycles. The highest BCUT2D eigenvalue weighted by Gasteiger charge is 2.20. The van der Waals surface area contributed by atoms with Gasteiger partial charge in [0.15, 0.2) is 0 Å². The first-order chi connectivity index (χ1) is 11.9. The second-order valence-electron chi connectivity index (χ2n) is 6.25. The maximum atomic E-state index is 11.0. The minimum Gasteiger partial charge on any atom is -0.478 e. The minimum atomic E-state index is -0.967. The van der Waals surface area contributed by atoms with Crippen LogP contribution in [0.5, 0.6) is 0 Å². The van der Waals surface area contributed by atoms with Crippen molar-refractivity contribution < 1.29 is 9.90 Å². The molecule has 3 N–H and O–H groups in total. The third kappa shape index (κ3) is 5.48. The summed E-state index contributed by atoms with van der Waals surface area (Å²) in [5.41, 5.74) is 10.5. The summed E-state index contributed by atoms with van der Waals surface area (Å²) in [5.74, 6) is -0.967. The molecule has 25 heavy (non-hydrogen) atoms. The molecule has 1 fully saturated rings. The zero-order valence-corrected chi connectivity index (χ0v) is 15.5. The average Bonchev–Trinajstić information content (AvgIpc) is 2.53. The van der Waals surface area contributed by atoms with Crippen LogP contribution in [0.2, 0.25) is 5.02 Å². The van der Waals surface area contributed by atoms with Gasteiger partial charge in [-0.2, -0.15) is 0 Å². The lowest BCUT2D eigenvalue weighted by Gasteiger charge is -2.34. The molecule has 1 aliphatic rings. The summed E-state index contributed by atoms with van der Waals surface area (Å²) in [6.07, 6.45) is 8.18. The number of benzene rings is 1. The monoisotopic (exact) mass is 360 g/mol. The molecular weight excluding hydrogens is 336 g/mol. The molecule has 0 atom stereocenters. The number of carbonyl (C=O) groups is 1. The topological polar surface area (TPSA) is 66.6 Å². The van der Waals surface area contributed by atoms with Crippen molar-refractivity contribution in [3.63, 3.8) is 0 Å². The molecule has 0 spiro atoms. The molecule has 0 bridgehead atoms. The fourth-order valence-electron chi connectivity index (χ4n) is 2.76. The van der Waals surface area contributed by atoms with Gasteiger partial charge in [-0.3, -0.25) is 4.90 Å². The van der Waals surface area contributed by atoms with Crippen LogP contribution < -0.4 is 5.73 Å². The van der Waals surface area contributed by atoms with Crippen molar-refractivity contribution in [2.45, 2.75) is 26.7 Å². The zero-order valence-electron chi connectivity index (χ0n) is 14.8. The summed E-state index contributed by atoms with van der Waals surface area (Å²) in [4.78, 5) is 13.3. The first-order valence-corrected chi connectivity index (χ1v) is 8.90. The Bertz CT molecular complexity index is 727. The molecule has 1 aliphatic heterocycles. The summed E-state index contributed by atoms with van der Waals surface area (Å²) < 4.78 is 0. The van der Waals surface area contributed by atoms with E-state index in [-0.39, 0.29) is 5.56 Å². The number of likely N-dealkylation sites (tertiary alicyclic amines) is 1. The lowest BCUT2D eigenvalue weighted by molar-refractivity contribution is 0.0697. The Morgan fingerprint density at radius 3 is 2.64 bits per heavy atom. The second-order valence-corrected chi connectivity index (χ2v) is 6.66. The summed E-state index contributed by atoms with van der Waals surface area (Å²) in [6, 6.07) is 4.83. The molecule has 1 saturated heterocycles. The fourth-order valence-corrected chi connectivity index (χ4v) is 2.99. The Hall–Kier alpha value is -2.04. The van der Waals surface area contributed by atoms with Crippen molar-refractivity contribution in [2.75, 3.05) is 19.6 Å². The number of nitrogens with two attached hydrogens (primary N) is 1. The quantitative estimate of drug-likeness (QED) is 0.710. The van der Waals surface area contributed by atoms with Crippen LogP contribution in [0.4, 0.5) is 0 Å². The van der Waals surface area contributed by atoms with E-state index in [1.807, 2.05) is 6.08 Å². The number of allylic oxidation sites excluding steroid dienone is 2. The van der Waals surface area contributed by atoms with Crippen LogP contribution in [-0.4, -0.2) is 35.6 Å². The van der Waals surface area contributed by atoms with Gasteiger partial charge in [0, 0.05) is 30.4 Å². The maximum Gasteiger partial charge on any atom is 0.335 e. The van der Waals surface area contributed by atoms with E-state index in [2.05, 4.69) is 30.9 Å². The third-order valence-electron chi connectivity index (χ3n) is 4.11. The van der Waals surface area contributed by atoms with Crippen LogP contribution in [0.25, 0.3) is 6.08 Å². The molecule has 0 radical (unpaired) electrons. The van der Waals surface area contributed by atoms with Crippen LogP contribution in [0.1, 0.15) is 42.6 Å². The first kappa shape index (κ1) is 19.3. The predicted molar refractivity (Wildman–Crippen MR) is 104 cm³/mol.